The zero-order valence-corrected chi connectivity index (χ0v) is 21.8. The molecule has 0 aliphatic heterocycles. The number of amides is 2. The van der Waals surface area contributed by atoms with Crippen molar-refractivity contribution in [2.24, 2.45) is 0 Å². The molecule has 0 unspecified atom stereocenters. The molecule has 9 heteroatoms. The summed E-state index contributed by atoms with van der Waals surface area (Å²) in [5.74, 6) is -0.766. The van der Waals surface area contributed by atoms with Crippen LogP contribution < -0.4 is 9.62 Å². The van der Waals surface area contributed by atoms with E-state index in [0.29, 0.717) is 23.7 Å². The summed E-state index contributed by atoms with van der Waals surface area (Å²) in [5.41, 5.74) is 2.02. The van der Waals surface area contributed by atoms with Gasteiger partial charge in [0.1, 0.15) is 12.6 Å². The summed E-state index contributed by atoms with van der Waals surface area (Å²) in [6, 6.07) is 13.3. The number of carbonyl (C=O) groups is 2. The van der Waals surface area contributed by atoms with Crippen molar-refractivity contribution in [2.45, 2.75) is 52.6 Å². The molecule has 186 valence electrons. The van der Waals surface area contributed by atoms with Crippen LogP contribution in [0.25, 0.3) is 0 Å². The Balaban J connectivity index is 2.38. The second kappa shape index (κ2) is 12.8. The number of unbranched alkanes of at least 4 members (excludes halogenated alkanes) is 1. The molecule has 2 aromatic rings. The number of sulfonamides is 1. The number of hydrogen-bond donors (Lipinski definition) is 1. The predicted octanol–water partition coefficient (Wildman–Crippen LogP) is 4.00. The van der Waals surface area contributed by atoms with Crippen LogP contribution in [0, 0.1) is 0 Å². The molecule has 0 aromatic heterocycles. The molecular weight excluding hydrogens is 474 g/mol. The van der Waals surface area contributed by atoms with E-state index in [9.17, 15) is 18.0 Å². The fraction of sp³-hybridized carbons (Fsp3) is 0.440. The van der Waals surface area contributed by atoms with E-state index in [1.165, 1.54) is 4.90 Å². The van der Waals surface area contributed by atoms with Crippen molar-refractivity contribution in [3.63, 3.8) is 0 Å². The first-order chi connectivity index (χ1) is 16.1. The second-order valence-corrected chi connectivity index (χ2v) is 10.6. The summed E-state index contributed by atoms with van der Waals surface area (Å²) in [7, 11) is -3.76. The number of para-hydroxylation sites is 1. The normalized spacial score (nSPS) is 12.1. The van der Waals surface area contributed by atoms with Crippen LogP contribution in [0.2, 0.25) is 5.02 Å². The van der Waals surface area contributed by atoms with E-state index in [2.05, 4.69) is 5.32 Å². The standard InChI is InChI=1S/C25H34ClN3O4S/c1-5-7-15-27-25(31)19(3)28(17-20-11-10-13-22(26)16-20)24(30)18-29(34(4,32)33)23-14-9-8-12-21(23)6-2/h8-14,16,19H,5-7,15,17-18H2,1-4H3,(H,27,31)/t19-/m1/s1. The summed E-state index contributed by atoms with van der Waals surface area (Å²) in [6.07, 6.45) is 3.45. The van der Waals surface area contributed by atoms with Crippen LogP contribution in [-0.4, -0.2) is 50.5 Å². The maximum absolute atomic E-state index is 13.5. The van der Waals surface area contributed by atoms with Crippen LogP contribution in [0.5, 0.6) is 0 Å². The van der Waals surface area contributed by atoms with E-state index in [-0.39, 0.29) is 12.5 Å². The van der Waals surface area contributed by atoms with Crippen LogP contribution in [0.15, 0.2) is 48.5 Å². The lowest BCUT2D eigenvalue weighted by Crippen LogP contribution is -2.51. The van der Waals surface area contributed by atoms with Crippen molar-refractivity contribution < 1.29 is 18.0 Å². The molecule has 2 amide bonds. The number of hydrogen-bond acceptors (Lipinski definition) is 4. The van der Waals surface area contributed by atoms with Gasteiger partial charge in [-0.3, -0.25) is 13.9 Å². The van der Waals surface area contributed by atoms with Gasteiger partial charge in [0.2, 0.25) is 21.8 Å². The molecule has 1 N–H and O–H groups in total. The molecule has 0 bridgehead atoms. The van der Waals surface area contributed by atoms with Gasteiger partial charge in [0.15, 0.2) is 0 Å². The van der Waals surface area contributed by atoms with Crippen LogP contribution in [0.3, 0.4) is 0 Å². The molecule has 34 heavy (non-hydrogen) atoms. The number of anilines is 1. The molecule has 0 aliphatic carbocycles. The predicted molar refractivity (Wildman–Crippen MR) is 137 cm³/mol. The Labute approximate surface area is 208 Å². The SMILES string of the molecule is CCCCNC(=O)[C@@H](C)N(Cc1cccc(Cl)c1)C(=O)CN(c1ccccc1CC)S(C)(=O)=O. The van der Waals surface area contributed by atoms with Gasteiger partial charge in [-0.15, -0.1) is 0 Å². The van der Waals surface area contributed by atoms with Crippen molar-refractivity contribution in [1.82, 2.24) is 10.2 Å². The summed E-state index contributed by atoms with van der Waals surface area (Å²) < 4.78 is 26.5. The third-order valence-electron chi connectivity index (χ3n) is 5.56. The Morgan fingerprint density at radius 2 is 1.79 bits per heavy atom. The summed E-state index contributed by atoms with van der Waals surface area (Å²) in [6.45, 7) is 5.82. The maximum atomic E-state index is 13.5. The van der Waals surface area contributed by atoms with E-state index >= 15 is 0 Å². The number of carbonyl (C=O) groups excluding carboxylic acids is 2. The maximum Gasteiger partial charge on any atom is 0.244 e. The van der Waals surface area contributed by atoms with Crippen molar-refractivity contribution in [2.75, 3.05) is 23.7 Å². The molecular formula is C25H34ClN3O4S. The van der Waals surface area contributed by atoms with Crippen LogP contribution in [0.1, 0.15) is 44.7 Å². The highest BCUT2D eigenvalue weighted by Gasteiger charge is 2.30. The number of aryl methyl sites for hydroxylation is 1. The van der Waals surface area contributed by atoms with E-state index in [1.807, 2.05) is 32.0 Å². The van der Waals surface area contributed by atoms with Gasteiger partial charge in [0.25, 0.3) is 0 Å². The molecule has 0 spiro atoms. The Kier molecular flexibility index (Phi) is 10.4. The first-order valence-electron chi connectivity index (χ1n) is 11.5. The van der Waals surface area contributed by atoms with Gasteiger partial charge >= 0.3 is 0 Å². The number of rotatable bonds is 12. The number of nitrogens with zero attached hydrogens (tertiary/aromatic N) is 2. The van der Waals surface area contributed by atoms with Gasteiger partial charge in [0, 0.05) is 18.1 Å². The molecule has 1 atom stereocenters. The second-order valence-electron chi connectivity index (χ2n) is 8.22. The largest absolute Gasteiger partial charge is 0.354 e. The molecule has 0 fully saturated rings. The highest BCUT2D eigenvalue weighted by molar-refractivity contribution is 7.92. The average molecular weight is 508 g/mol. The zero-order valence-electron chi connectivity index (χ0n) is 20.3. The number of halogens is 1. The van der Waals surface area contributed by atoms with Crippen molar-refractivity contribution in [3.8, 4) is 0 Å². The minimum absolute atomic E-state index is 0.120. The van der Waals surface area contributed by atoms with Crippen molar-refractivity contribution in [1.29, 1.82) is 0 Å². The lowest BCUT2D eigenvalue weighted by Gasteiger charge is -2.32. The van der Waals surface area contributed by atoms with Crippen molar-refractivity contribution >= 4 is 39.1 Å². The fourth-order valence-electron chi connectivity index (χ4n) is 3.60. The quantitative estimate of drug-likeness (QED) is 0.440. The van der Waals surface area contributed by atoms with Gasteiger partial charge in [-0.1, -0.05) is 62.2 Å². The molecule has 0 saturated heterocycles. The molecule has 0 heterocycles. The molecule has 2 aromatic carbocycles. The van der Waals surface area contributed by atoms with Gasteiger partial charge in [-0.2, -0.15) is 0 Å². The molecule has 2 rings (SSSR count). The molecule has 0 radical (unpaired) electrons. The van der Waals surface area contributed by atoms with Crippen LogP contribution in [-0.2, 0) is 32.6 Å². The lowest BCUT2D eigenvalue weighted by molar-refractivity contribution is -0.139. The van der Waals surface area contributed by atoms with Crippen LogP contribution in [0.4, 0.5) is 5.69 Å². The molecule has 0 aliphatic rings. The highest BCUT2D eigenvalue weighted by atomic mass is 35.5. The molecule has 0 saturated carbocycles. The van der Waals surface area contributed by atoms with Gasteiger partial charge in [0.05, 0.1) is 11.9 Å². The lowest BCUT2D eigenvalue weighted by atomic mass is 10.1. The Hall–Kier alpha value is -2.58. The van der Waals surface area contributed by atoms with Gasteiger partial charge in [-0.25, -0.2) is 8.42 Å². The minimum Gasteiger partial charge on any atom is -0.354 e. The minimum atomic E-state index is -3.76. The smallest absolute Gasteiger partial charge is 0.244 e. The molecule has 7 nitrogen and oxygen atoms in total. The van der Waals surface area contributed by atoms with Gasteiger partial charge in [-0.05, 0) is 49.1 Å². The van der Waals surface area contributed by atoms with E-state index in [0.717, 1.165) is 34.5 Å². The average Bonchev–Trinajstić information content (AvgIpc) is 2.79. The third kappa shape index (κ3) is 7.74. The first-order valence-corrected chi connectivity index (χ1v) is 13.7. The summed E-state index contributed by atoms with van der Waals surface area (Å²) >= 11 is 6.12. The van der Waals surface area contributed by atoms with Gasteiger partial charge < -0.3 is 10.2 Å². The summed E-state index contributed by atoms with van der Waals surface area (Å²) in [5, 5.41) is 3.37. The van der Waals surface area contributed by atoms with E-state index < -0.39 is 28.5 Å². The number of nitrogens with one attached hydrogen (secondary N) is 1. The van der Waals surface area contributed by atoms with E-state index in [1.54, 1.807) is 37.3 Å². The zero-order chi connectivity index (χ0) is 25.3. The Bertz CT molecular complexity index is 1090. The first kappa shape index (κ1) is 27.7. The number of benzene rings is 2. The van der Waals surface area contributed by atoms with Crippen LogP contribution >= 0.6 is 11.6 Å². The monoisotopic (exact) mass is 507 g/mol. The van der Waals surface area contributed by atoms with Crippen molar-refractivity contribution in [3.05, 3.63) is 64.7 Å². The Morgan fingerprint density at radius 1 is 1.09 bits per heavy atom. The topological polar surface area (TPSA) is 86.8 Å². The van der Waals surface area contributed by atoms with E-state index in [4.69, 9.17) is 11.6 Å². The highest BCUT2D eigenvalue weighted by Crippen LogP contribution is 2.24. The Morgan fingerprint density at radius 3 is 2.41 bits per heavy atom. The summed E-state index contributed by atoms with van der Waals surface area (Å²) in [4.78, 5) is 27.8. The third-order valence-corrected chi connectivity index (χ3v) is 6.92. The fourth-order valence-corrected chi connectivity index (χ4v) is 4.69.